The number of hydrogen-bond donors (Lipinski definition) is 2. The molecule has 1 saturated heterocycles. The number of nitrogen functional groups attached to an aromatic ring is 1. The van der Waals surface area contributed by atoms with Crippen LogP contribution < -0.4 is 10.6 Å². The summed E-state index contributed by atoms with van der Waals surface area (Å²) >= 11 is 0. The second-order valence-corrected chi connectivity index (χ2v) is 7.15. The second kappa shape index (κ2) is 5.32. The van der Waals surface area contributed by atoms with Crippen molar-refractivity contribution < 1.29 is 18.3 Å². The van der Waals surface area contributed by atoms with Crippen molar-refractivity contribution in [3.63, 3.8) is 0 Å². The van der Waals surface area contributed by atoms with Gasteiger partial charge in [-0.2, -0.15) is 0 Å². The molecule has 0 radical (unpaired) electrons. The highest BCUT2D eigenvalue weighted by Gasteiger charge is 2.32. The molecule has 0 amide bonds. The van der Waals surface area contributed by atoms with Crippen LogP contribution in [-0.4, -0.2) is 43.6 Å². The molecule has 0 bridgehead atoms. The third-order valence-electron chi connectivity index (χ3n) is 3.57. The summed E-state index contributed by atoms with van der Waals surface area (Å²) in [5, 5.41) is 8.93. The van der Waals surface area contributed by atoms with E-state index < -0.39 is 15.8 Å². The third-order valence-corrected chi connectivity index (χ3v) is 5.32. The molecule has 0 spiro atoms. The molecule has 1 aliphatic heterocycles. The van der Waals surface area contributed by atoms with E-state index in [-0.39, 0.29) is 23.1 Å². The molecular weight excluding hydrogens is 280 g/mol. The first kappa shape index (κ1) is 14.6. The van der Waals surface area contributed by atoms with Crippen molar-refractivity contribution in [2.45, 2.75) is 19.4 Å². The second-order valence-electron chi connectivity index (χ2n) is 4.92. The Morgan fingerprint density at radius 2 is 2.20 bits per heavy atom. The van der Waals surface area contributed by atoms with Crippen LogP contribution in [0.5, 0.6) is 0 Å². The summed E-state index contributed by atoms with van der Waals surface area (Å²) in [6.07, 6.45) is 0.580. The fourth-order valence-electron chi connectivity index (χ4n) is 2.60. The van der Waals surface area contributed by atoms with Crippen LogP contribution in [0.3, 0.4) is 0 Å². The molecular formula is C13H18N2O4S. The van der Waals surface area contributed by atoms with Gasteiger partial charge in [0.1, 0.15) is 0 Å². The van der Waals surface area contributed by atoms with Crippen molar-refractivity contribution in [1.29, 1.82) is 0 Å². The van der Waals surface area contributed by atoms with Crippen LogP contribution in [0.15, 0.2) is 18.2 Å². The van der Waals surface area contributed by atoms with E-state index in [1.807, 2.05) is 11.8 Å². The van der Waals surface area contributed by atoms with E-state index in [4.69, 9.17) is 10.8 Å². The highest BCUT2D eigenvalue weighted by Crippen LogP contribution is 2.29. The normalized spacial score (nSPS) is 20.8. The van der Waals surface area contributed by atoms with E-state index in [2.05, 4.69) is 0 Å². The number of benzene rings is 1. The molecule has 6 nitrogen and oxygen atoms in total. The summed E-state index contributed by atoms with van der Waals surface area (Å²) in [6.45, 7) is 2.55. The monoisotopic (exact) mass is 298 g/mol. The Kier molecular flexibility index (Phi) is 3.89. The number of carboxylic acids is 1. The van der Waals surface area contributed by atoms with Crippen LogP contribution in [0.4, 0.5) is 11.4 Å². The van der Waals surface area contributed by atoms with E-state index >= 15 is 0 Å². The van der Waals surface area contributed by atoms with Gasteiger partial charge in [0.2, 0.25) is 0 Å². The van der Waals surface area contributed by atoms with Gasteiger partial charge in [0, 0.05) is 12.6 Å². The zero-order valence-corrected chi connectivity index (χ0v) is 12.1. The van der Waals surface area contributed by atoms with Crippen molar-refractivity contribution in [3.8, 4) is 0 Å². The molecule has 1 heterocycles. The Hall–Kier alpha value is -1.76. The lowest BCUT2D eigenvalue weighted by Crippen LogP contribution is -2.36. The molecule has 2 rings (SSSR count). The number of sulfone groups is 1. The van der Waals surface area contributed by atoms with E-state index in [0.29, 0.717) is 24.3 Å². The maximum Gasteiger partial charge on any atom is 0.335 e. The minimum atomic E-state index is -2.97. The third kappa shape index (κ3) is 2.87. The highest BCUT2D eigenvalue weighted by molar-refractivity contribution is 7.91. The van der Waals surface area contributed by atoms with Gasteiger partial charge in [0.05, 0.1) is 28.4 Å². The Bertz CT molecular complexity index is 627. The molecule has 1 unspecified atom stereocenters. The smallest absolute Gasteiger partial charge is 0.335 e. The first-order chi connectivity index (χ1) is 9.34. The zero-order valence-electron chi connectivity index (χ0n) is 11.2. The first-order valence-electron chi connectivity index (χ1n) is 6.44. The Balaban J connectivity index is 2.31. The van der Waals surface area contributed by atoms with Crippen LogP contribution in [0.2, 0.25) is 0 Å². The quantitative estimate of drug-likeness (QED) is 0.804. The number of carboxylic acid groups (broad SMARTS) is 1. The molecule has 1 atom stereocenters. The molecule has 1 fully saturated rings. The summed E-state index contributed by atoms with van der Waals surface area (Å²) in [6, 6.07) is 4.44. The van der Waals surface area contributed by atoms with Gasteiger partial charge in [-0.3, -0.25) is 0 Å². The molecule has 1 aromatic rings. The van der Waals surface area contributed by atoms with Crippen molar-refractivity contribution in [3.05, 3.63) is 23.8 Å². The zero-order chi connectivity index (χ0) is 14.9. The fourth-order valence-corrected chi connectivity index (χ4v) is 4.33. The lowest BCUT2D eigenvalue weighted by molar-refractivity contribution is 0.0697. The van der Waals surface area contributed by atoms with E-state index in [1.165, 1.54) is 12.1 Å². The maximum atomic E-state index is 11.6. The van der Waals surface area contributed by atoms with Crippen LogP contribution in [0.25, 0.3) is 0 Å². The van der Waals surface area contributed by atoms with E-state index in [1.54, 1.807) is 6.07 Å². The number of hydrogen-bond acceptors (Lipinski definition) is 5. The molecule has 3 N–H and O–H groups in total. The van der Waals surface area contributed by atoms with Gasteiger partial charge >= 0.3 is 5.97 Å². The Morgan fingerprint density at radius 1 is 1.50 bits per heavy atom. The minimum absolute atomic E-state index is 0.0945. The molecule has 0 aromatic heterocycles. The number of carbonyl (C=O) groups is 1. The lowest BCUT2D eigenvalue weighted by Gasteiger charge is -2.30. The van der Waals surface area contributed by atoms with Gasteiger partial charge in [-0.25, -0.2) is 13.2 Å². The Morgan fingerprint density at radius 3 is 2.65 bits per heavy atom. The largest absolute Gasteiger partial charge is 0.478 e. The molecule has 110 valence electrons. The predicted octanol–water partition coefficient (Wildman–Crippen LogP) is 0.980. The molecule has 1 aliphatic rings. The van der Waals surface area contributed by atoms with Gasteiger partial charge in [-0.15, -0.1) is 0 Å². The van der Waals surface area contributed by atoms with Crippen molar-refractivity contribution in [2.24, 2.45) is 0 Å². The SMILES string of the molecule is CCN(c1ccc(C(=O)O)cc1N)C1CCS(=O)(=O)C1. The molecule has 1 aromatic carbocycles. The standard InChI is InChI=1S/C13H18N2O4S/c1-2-15(10-5-6-20(18,19)8-10)12-4-3-9(13(16)17)7-11(12)14/h3-4,7,10H,2,5-6,8,14H2,1H3,(H,16,17). The average Bonchev–Trinajstić information content (AvgIpc) is 2.72. The van der Waals surface area contributed by atoms with E-state index in [0.717, 1.165) is 0 Å². The van der Waals surface area contributed by atoms with Gasteiger partial charge in [-0.05, 0) is 31.5 Å². The summed E-state index contributed by atoms with van der Waals surface area (Å²) in [5.41, 5.74) is 7.09. The van der Waals surface area contributed by atoms with Crippen molar-refractivity contribution in [2.75, 3.05) is 28.7 Å². The van der Waals surface area contributed by atoms with Crippen molar-refractivity contribution in [1.82, 2.24) is 0 Å². The van der Waals surface area contributed by atoms with Crippen LogP contribution in [-0.2, 0) is 9.84 Å². The summed E-state index contributed by atoms with van der Waals surface area (Å²) in [7, 11) is -2.97. The summed E-state index contributed by atoms with van der Waals surface area (Å²) in [5.74, 6) is -0.711. The molecule has 20 heavy (non-hydrogen) atoms. The number of rotatable bonds is 4. The predicted molar refractivity (Wildman–Crippen MR) is 77.9 cm³/mol. The first-order valence-corrected chi connectivity index (χ1v) is 8.26. The van der Waals surface area contributed by atoms with Gasteiger partial charge < -0.3 is 15.7 Å². The number of nitrogens with zero attached hydrogens (tertiary/aromatic N) is 1. The van der Waals surface area contributed by atoms with Crippen LogP contribution >= 0.6 is 0 Å². The maximum absolute atomic E-state index is 11.6. The molecule has 7 heteroatoms. The summed E-state index contributed by atoms with van der Waals surface area (Å²) in [4.78, 5) is 12.8. The van der Waals surface area contributed by atoms with E-state index in [9.17, 15) is 13.2 Å². The average molecular weight is 298 g/mol. The molecule has 0 saturated carbocycles. The number of nitrogens with two attached hydrogens (primary N) is 1. The number of anilines is 2. The fraction of sp³-hybridized carbons (Fsp3) is 0.462. The van der Waals surface area contributed by atoms with Crippen molar-refractivity contribution >= 4 is 27.2 Å². The molecule has 0 aliphatic carbocycles. The highest BCUT2D eigenvalue weighted by atomic mass is 32.2. The van der Waals surface area contributed by atoms with Gasteiger partial charge in [0.15, 0.2) is 9.84 Å². The Labute approximate surface area is 118 Å². The minimum Gasteiger partial charge on any atom is -0.478 e. The van der Waals surface area contributed by atoms with Crippen LogP contribution in [0, 0.1) is 0 Å². The topological polar surface area (TPSA) is 101 Å². The summed E-state index contributed by atoms with van der Waals surface area (Å²) < 4.78 is 23.2. The number of aromatic carboxylic acids is 1. The lowest BCUT2D eigenvalue weighted by atomic mass is 10.1. The van der Waals surface area contributed by atoms with Gasteiger partial charge in [-0.1, -0.05) is 0 Å². The van der Waals surface area contributed by atoms with Crippen LogP contribution in [0.1, 0.15) is 23.7 Å². The van der Waals surface area contributed by atoms with Gasteiger partial charge in [0.25, 0.3) is 0 Å².